The highest BCUT2D eigenvalue weighted by molar-refractivity contribution is 5.86. The summed E-state index contributed by atoms with van der Waals surface area (Å²) in [5.74, 6) is -0.707. The van der Waals surface area contributed by atoms with Gasteiger partial charge in [0.25, 0.3) is 0 Å². The van der Waals surface area contributed by atoms with Crippen molar-refractivity contribution in [3.63, 3.8) is 0 Å². The van der Waals surface area contributed by atoms with Gasteiger partial charge in [-0.15, -0.1) is 0 Å². The summed E-state index contributed by atoms with van der Waals surface area (Å²) in [5.41, 5.74) is 4.16. The number of hydrogen-bond donors (Lipinski definition) is 2. The molecule has 3 N–H and O–H groups in total. The minimum Gasteiger partial charge on any atom is -0.370 e. The van der Waals surface area contributed by atoms with Crippen molar-refractivity contribution in [1.82, 2.24) is 5.32 Å². The van der Waals surface area contributed by atoms with Gasteiger partial charge in [0.05, 0.1) is 6.07 Å². The Balaban J connectivity index is 2.61. The molecule has 1 saturated carbocycles. The molecule has 0 radical (unpaired) electrons. The molecule has 0 spiro atoms. The van der Waals surface area contributed by atoms with Crippen molar-refractivity contribution in [2.75, 3.05) is 0 Å². The van der Waals surface area contributed by atoms with Crippen LogP contribution >= 0.6 is 0 Å². The van der Waals surface area contributed by atoms with Gasteiger partial charge in [-0.05, 0) is 19.8 Å². The minimum atomic E-state index is -0.899. The summed E-state index contributed by atoms with van der Waals surface area (Å²) >= 11 is 0. The molecule has 0 aromatic rings. The van der Waals surface area contributed by atoms with Gasteiger partial charge in [-0.1, -0.05) is 19.3 Å². The second-order valence-corrected chi connectivity index (χ2v) is 4.80. The highest BCUT2D eigenvalue weighted by atomic mass is 16.2. The molecule has 0 aromatic carbocycles. The molecule has 94 valence electrons. The number of nitriles is 1. The number of nitrogens with two attached hydrogens (primary N) is 1. The van der Waals surface area contributed by atoms with Crippen LogP contribution in [0.1, 0.15) is 45.4 Å². The summed E-state index contributed by atoms with van der Waals surface area (Å²) < 4.78 is 0. The maximum absolute atomic E-state index is 12.1. The van der Waals surface area contributed by atoms with Gasteiger partial charge in [0.2, 0.25) is 11.8 Å². The van der Waals surface area contributed by atoms with E-state index >= 15 is 0 Å². The fourth-order valence-electron chi connectivity index (χ4n) is 2.26. The van der Waals surface area contributed by atoms with Crippen LogP contribution in [0.5, 0.6) is 0 Å². The summed E-state index contributed by atoms with van der Waals surface area (Å²) in [7, 11) is 0. The first-order chi connectivity index (χ1) is 8.00. The van der Waals surface area contributed by atoms with Crippen molar-refractivity contribution in [3.05, 3.63) is 0 Å². The lowest BCUT2D eigenvalue weighted by molar-refractivity contribution is -0.130. The standard InChI is InChI=1S/C12H19N3O2/c1-9(7-10(14)16)15-11(17)12(8-13)5-3-2-4-6-12/h9H,2-7H2,1H3,(H2,14,16)(H,15,17). The normalized spacial score (nSPS) is 20.0. The van der Waals surface area contributed by atoms with E-state index in [9.17, 15) is 14.9 Å². The summed E-state index contributed by atoms with van der Waals surface area (Å²) in [6.07, 6.45) is 4.22. The molecule has 0 aliphatic heterocycles. The quantitative estimate of drug-likeness (QED) is 0.758. The molecule has 1 fully saturated rings. The molecule has 2 amide bonds. The molecule has 1 unspecified atom stereocenters. The van der Waals surface area contributed by atoms with Crippen LogP contribution in [-0.4, -0.2) is 17.9 Å². The van der Waals surface area contributed by atoms with Crippen molar-refractivity contribution in [1.29, 1.82) is 5.26 Å². The Kier molecular flexibility index (Phi) is 4.50. The fraction of sp³-hybridized carbons (Fsp3) is 0.750. The number of nitrogens with one attached hydrogen (secondary N) is 1. The second-order valence-electron chi connectivity index (χ2n) is 4.80. The van der Waals surface area contributed by atoms with Crippen LogP contribution in [0.15, 0.2) is 0 Å². The monoisotopic (exact) mass is 237 g/mol. The minimum absolute atomic E-state index is 0.104. The molecule has 17 heavy (non-hydrogen) atoms. The Hall–Kier alpha value is -1.57. The third-order valence-corrected chi connectivity index (χ3v) is 3.24. The first-order valence-corrected chi connectivity index (χ1v) is 6.01. The number of carbonyl (C=O) groups is 2. The predicted octanol–water partition coefficient (Wildman–Crippen LogP) is 0.841. The third kappa shape index (κ3) is 3.45. The Bertz CT molecular complexity index is 340. The van der Waals surface area contributed by atoms with E-state index in [2.05, 4.69) is 11.4 Å². The van der Waals surface area contributed by atoms with E-state index in [1.54, 1.807) is 6.92 Å². The van der Waals surface area contributed by atoms with E-state index in [0.29, 0.717) is 12.8 Å². The van der Waals surface area contributed by atoms with Gasteiger partial charge in [-0.25, -0.2) is 0 Å². The van der Waals surface area contributed by atoms with E-state index in [0.717, 1.165) is 19.3 Å². The van der Waals surface area contributed by atoms with E-state index < -0.39 is 11.3 Å². The highest BCUT2D eigenvalue weighted by Gasteiger charge is 2.40. The average molecular weight is 237 g/mol. The number of hydrogen-bond acceptors (Lipinski definition) is 3. The van der Waals surface area contributed by atoms with Crippen molar-refractivity contribution in [2.24, 2.45) is 11.1 Å². The fourth-order valence-corrected chi connectivity index (χ4v) is 2.26. The third-order valence-electron chi connectivity index (χ3n) is 3.24. The van der Waals surface area contributed by atoms with Gasteiger partial charge in [-0.2, -0.15) is 5.26 Å². The van der Waals surface area contributed by atoms with Crippen molar-refractivity contribution in [2.45, 2.75) is 51.5 Å². The Morgan fingerprint density at radius 1 is 1.41 bits per heavy atom. The Morgan fingerprint density at radius 3 is 2.47 bits per heavy atom. The zero-order chi connectivity index (χ0) is 12.9. The molecule has 0 saturated heterocycles. The zero-order valence-electron chi connectivity index (χ0n) is 10.2. The van der Waals surface area contributed by atoms with Gasteiger partial charge in [0.1, 0.15) is 5.41 Å². The van der Waals surface area contributed by atoms with Gasteiger partial charge in [0, 0.05) is 12.5 Å². The SMILES string of the molecule is CC(CC(N)=O)NC(=O)C1(C#N)CCCCC1. The molecule has 0 heterocycles. The maximum Gasteiger partial charge on any atom is 0.240 e. The largest absolute Gasteiger partial charge is 0.370 e. The van der Waals surface area contributed by atoms with Gasteiger partial charge in [-0.3, -0.25) is 9.59 Å². The molecule has 0 bridgehead atoms. The molecule has 1 aliphatic rings. The summed E-state index contributed by atoms with van der Waals surface area (Å²) in [6, 6.07) is 1.83. The second kappa shape index (κ2) is 5.67. The number of primary amides is 1. The highest BCUT2D eigenvalue weighted by Crippen LogP contribution is 2.35. The van der Waals surface area contributed by atoms with Crippen LogP contribution < -0.4 is 11.1 Å². The zero-order valence-corrected chi connectivity index (χ0v) is 10.2. The molecule has 5 heteroatoms. The van der Waals surface area contributed by atoms with Gasteiger partial charge in [0.15, 0.2) is 0 Å². The van der Waals surface area contributed by atoms with Crippen LogP contribution in [-0.2, 0) is 9.59 Å². The molecule has 5 nitrogen and oxygen atoms in total. The molecule has 1 atom stereocenters. The number of carbonyl (C=O) groups excluding carboxylic acids is 2. The average Bonchev–Trinajstić information content (AvgIpc) is 2.28. The summed E-state index contributed by atoms with van der Waals surface area (Å²) in [5, 5.41) is 11.9. The molecule has 1 aliphatic carbocycles. The Labute approximate surface area is 101 Å². The molecular formula is C12H19N3O2. The molecule has 0 aromatic heterocycles. The van der Waals surface area contributed by atoms with E-state index in [4.69, 9.17) is 5.73 Å². The van der Waals surface area contributed by atoms with E-state index in [-0.39, 0.29) is 18.4 Å². The predicted molar refractivity (Wildman–Crippen MR) is 62.5 cm³/mol. The first kappa shape index (κ1) is 13.5. The molecular weight excluding hydrogens is 218 g/mol. The van der Waals surface area contributed by atoms with Crippen LogP contribution in [0.3, 0.4) is 0 Å². The van der Waals surface area contributed by atoms with Crippen LogP contribution in [0, 0.1) is 16.7 Å². The smallest absolute Gasteiger partial charge is 0.240 e. The van der Waals surface area contributed by atoms with Gasteiger partial charge < -0.3 is 11.1 Å². The van der Waals surface area contributed by atoms with Crippen LogP contribution in [0.2, 0.25) is 0 Å². The van der Waals surface area contributed by atoms with Crippen molar-refractivity contribution >= 4 is 11.8 Å². The topological polar surface area (TPSA) is 96.0 Å². The van der Waals surface area contributed by atoms with E-state index in [1.165, 1.54) is 0 Å². The van der Waals surface area contributed by atoms with Crippen molar-refractivity contribution in [3.8, 4) is 6.07 Å². The lowest BCUT2D eigenvalue weighted by Gasteiger charge is -2.30. The number of rotatable bonds is 4. The van der Waals surface area contributed by atoms with E-state index in [1.807, 2.05) is 0 Å². The summed E-state index contributed by atoms with van der Waals surface area (Å²) in [4.78, 5) is 22.8. The first-order valence-electron chi connectivity index (χ1n) is 6.01. The Morgan fingerprint density at radius 2 is 2.00 bits per heavy atom. The molecule has 1 rings (SSSR count). The maximum atomic E-state index is 12.1. The lowest BCUT2D eigenvalue weighted by Crippen LogP contribution is -2.46. The van der Waals surface area contributed by atoms with Crippen LogP contribution in [0.25, 0.3) is 0 Å². The lowest BCUT2D eigenvalue weighted by atomic mass is 9.74. The van der Waals surface area contributed by atoms with Crippen molar-refractivity contribution < 1.29 is 9.59 Å². The van der Waals surface area contributed by atoms with Gasteiger partial charge >= 0.3 is 0 Å². The summed E-state index contributed by atoms with van der Waals surface area (Å²) in [6.45, 7) is 1.72. The number of nitrogens with zero attached hydrogens (tertiary/aromatic N) is 1. The van der Waals surface area contributed by atoms with Crippen LogP contribution in [0.4, 0.5) is 0 Å². The number of amides is 2.